The summed E-state index contributed by atoms with van der Waals surface area (Å²) in [5.41, 5.74) is -1.29. The van der Waals surface area contributed by atoms with Crippen molar-refractivity contribution in [2.24, 2.45) is 0 Å². The van der Waals surface area contributed by atoms with E-state index < -0.39 is 23.9 Å². The maximum Gasteiger partial charge on any atom is 0.301 e. The lowest BCUT2D eigenvalue weighted by Gasteiger charge is -2.21. The number of aliphatic hydroxyl groups excluding tert-OH is 1. The standard InChI is InChI=1S/C8H13F3O2/c1-8(13,4-5-12)3-2-6(9)7(10)11/h12-13H,2-5H2,1H3/t8-/m0/s1. The molecule has 0 saturated carbocycles. The van der Waals surface area contributed by atoms with Gasteiger partial charge in [-0.25, -0.2) is 4.39 Å². The van der Waals surface area contributed by atoms with Gasteiger partial charge in [0.1, 0.15) is 0 Å². The SMILES string of the molecule is C[C@@](O)(CCO)CCC(F)=C(F)F. The van der Waals surface area contributed by atoms with Gasteiger partial charge in [0.15, 0.2) is 5.83 Å². The van der Waals surface area contributed by atoms with Gasteiger partial charge in [0, 0.05) is 13.0 Å². The molecule has 1 atom stereocenters. The van der Waals surface area contributed by atoms with Gasteiger partial charge in [-0.3, -0.25) is 0 Å². The van der Waals surface area contributed by atoms with Crippen LogP contribution in [-0.4, -0.2) is 22.4 Å². The quantitative estimate of drug-likeness (QED) is 0.709. The number of rotatable bonds is 5. The van der Waals surface area contributed by atoms with Crippen molar-refractivity contribution in [1.82, 2.24) is 0 Å². The van der Waals surface area contributed by atoms with Crippen molar-refractivity contribution in [2.75, 3.05) is 6.61 Å². The average molecular weight is 198 g/mol. The van der Waals surface area contributed by atoms with Crippen LogP contribution >= 0.6 is 0 Å². The Hall–Kier alpha value is -0.550. The monoisotopic (exact) mass is 198 g/mol. The van der Waals surface area contributed by atoms with Crippen LogP contribution in [0.25, 0.3) is 0 Å². The van der Waals surface area contributed by atoms with Crippen molar-refractivity contribution < 1.29 is 23.4 Å². The van der Waals surface area contributed by atoms with E-state index in [9.17, 15) is 18.3 Å². The van der Waals surface area contributed by atoms with Gasteiger partial charge >= 0.3 is 6.08 Å². The lowest BCUT2D eigenvalue weighted by atomic mass is 9.96. The molecule has 2 N–H and O–H groups in total. The molecule has 0 unspecified atom stereocenters. The molecule has 0 spiro atoms. The van der Waals surface area contributed by atoms with Gasteiger partial charge < -0.3 is 10.2 Å². The molecule has 0 rings (SSSR count). The molecule has 13 heavy (non-hydrogen) atoms. The van der Waals surface area contributed by atoms with Crippen LogP contribution in [-0.2, 0) is 0 Å². The van der Waals surface area contributed by atoms with E-state index in [0.29, 0.717) is 0 Å². The smallest absolute Gasteiger partial charge is 0.301 e. The molecular formula is C8H13F3O2. The molecule has 0 fully saturated rings. The van der Waals surface area contributed by atoms with Gasteiger partial charge in [-0.05, 0) is 19.8 Å². The maximum atomic E-state index is 12.3. The Bertz CT molecular complexity index is 186. The highest BCUT2D eigenvalue weighted by molar-refractivity contribution is 4.93. The maximum absolute atomic E-state index is 12.3. The number of aliphatic hydroxyl groups is 2. The van der Waals surface area contributed by atoms with Crippen molar-refractivity contribution in [1.29, 1.82) is 0 Å². The average Bonchev–Trinajstić information content (AvgIpc) is 2.00. The summed E-state index contributed by atoms with van der Waals surface area (Å²) < 4.78 is 35.4. The fraction of sp³-hybridized carbons (Fsp3) is 0.750. The second-order valence-electron chi connectivity index (χ2n) is 3.14. The largest absolute Gasteiger partial charge is 0.396 e. The van der Waals surface area contributed by atoms with Crippen LogP contribution < -0.4 is 0 Å². The molecule has 0 aromatic heterocycles. The van der Waals surface area contributed by atoms with Crippen molar-refractivity contribution in [3.8, 4) is 0 Å². The zero-order valence-corrected chi connectivity index (χ0v) is 7.36. The molecule has 0 aromatic carbocycles. The molecule has 0 aliphatic heterocycles. The highest BCUT2D eigenvalue weighted by Gasteiger charge is 2.20. The van der Waals surface area contributed by atoms with Crippen LogP contribution in [0.5, 0.6) is 0 Å². The summed E-state index contributed by atoms with van der Waals surface area (Å²) in [7, 11) is 0. The first kappa shape index (κ1) is 12.4. The van der Waals surface area contributed by atoms with Crippen LogP contribution in [0.15, 0.2) is 11.9 Å². The lowest BCUT2D eigenvalue weighted by molar-refractivity contribution is 0.0243. The number of hydrogen-bond donors (Lipinski definition) is 2. The zero-order chi connectivity index (χ0) is 10.5. The van der Waals surface area contributed by atoms with Crippen LogP contribution in [0.3, 0.4) is 0 Å². The van der Waals surface area contributed by atoms with Crippen LogP contribution in [0.4, 0.5) is 13.2 Å². The Kier molecular flexibility index (Phi) is 5.02. The summed E-state index contributed by atoms with van der Waals surface area (Å²) in [6.45, 7) is 1.11. The molecule has 0 aliphatic rings. The van der Waals surface area contributed by atoms with Crippen molar-refractivity contribution in [2.45, 2.75) is 31.8 Å². The van der Waals surface area contributed by atoms with E-state index in [2.05, 4.69) is 0 Å². The fourth-order valence-electron chi connectivity index (χ4n) is 0.839. The van der Waals surface area contributed by atoms with E-state index in [1.807, 2.05) is 0 Å². The first-order chi connectivity index (χ1) is 5.89. The van der Waals surface area contributed by atoms with Gasteiger partial charge in [0.05, 0.1) is 5.60 Å². The van der Waals surface area contributed by atoms with Gasteiger partial charge in [0.25, 0.3) is 0 Å². The van der Waals surface area contributed by atoms with Gasteiger partial charge in [0.2, 0.25) is 0 Å². The molecule has 0 saturated heterocycles. The van der Waals surface area contributed by atoms with Crippen LogP contribution in [0, 0.1) is 0 Å². The van der Waals surface area contributed by atoms with Crippen LogP contribution in [0.2, 0.25) is 0 Å². The first-order valence-electron chi connectivity index (χ1n) is 3.92. The third-order valence-corrected chi connectivity index (χ3v) is 1.74. The third-order valence-electron chi connectivity index (χ3n) is 1.74. The fourth-order valence-corrected chi connectivity index (χ4v) is 0.839. The number of hydrogen-bond acceptors (Lipinski definition) is 2. The second kappa shape index (κ2) is 5.24. The van der Waals surface area contributed by atoms with Crippen LogP contribution in [0.1, 0.15) is 26.2 Å². The molecule has 0 heterocycles. The molecule has 0 aromatic rings. The summed E-state index contributed by atoms with van der Waals surface area (Å²) in [5.74, 6) is -1.50. The Morgan fingerprint density at radius 2 is 1.77 bits per heavy atom. The van der Waals surface area contributed by atoms with E-state index in [1.165, 1.54) is 6.92 Å². The Morgan fingerprint density at radius 3 is 2.15 bits per heavy atom. The lowest BCUT2D eigenvalue weighted by Crippen LogP contribution is -2.25. The normalized spacial score (nSPS) is 15.2. The molecule has 0 amide bonds. The van der Waals surface area contributed by atoms with Crippen molar-refractivity contribution >= 4 is 0 Å². The summed E-state index contributed by atoms with van der Waals surface area (Å²) in [5, 5.41) is 17.8. The molecule has 0 aliphatic carbocycles. The van der Waals surface area contributed by atoms with Gasteiger partial charge in [-0.1, -0.05) is 0 Å². The number of allylic oxidation sites excluding steroid dienone is 1. The minimum Gasteiger partial charge on any atom is -0.396 e. The predicted molar refractivity (Wildman–Crippen MR) is 41.9 cm³/mol. The van der Waals surface area contributed by atoms with E-state index in [4.69, 9.17) is 5.11 Å². The third kappa shape index (κ3) is 5.65. The Morgan fingerprint density at radius 1 is 1.23 bits per heavy atom. The first-order valence-corrected chi connectivity index (χ1v) is 3.92. The van der Waals surface area contributed by atoms with E-state index in [-0.39, 0.29) is 19.4 Å². The zero-order valence-electron chi connectivity index (χ0n) is 7.36. The molecular weight excluding hydrogens is 185 g/mol. The summed E-state index contributed by atoms with van der Waals surface area (Å²) in [6, 6.07) is 0. The van der Waals surface area contributed by atoms with E-state index in [0.717, 1.165) is 0 Å². The highest BCUT2D eigenvalue weighted by atomic mass is 19.3. The molecule has 5 heteroatoms. The van der Waals surface area contributed by atoms with E-state index >= 15 is 0 Å². The Labute approximate surface area is 74.7 Å². The summed E-state index contributed by atoms with van der Waals surface area (Å²) in [4.78, 5) is 0. The Balaban J connectivity index is 3.95. The predicted octanol–water partition coefficient (Wildman–Crippen LogP) is 1.98. The highest BCUT2D eigenvalue weighted by Crippen LogP contribution is 2.22. The number of halogens is 3. The minimum absolute atomic E-state index is 0.0498. The van der Waals surface area contributed by atoms with Gasteiger partial charge in [-0.15, -0.1) is 0 Å². The molecule has 0 radical (unpaired) electrons. The second-order valence-corrected chi connectivity index (χ2v) is 3.14. The molecule has 78 valence electrons. The minimum atomic E-state index is -2.35. The van der Waals surface area contributed by atoms with Gasteiger partial charge in [-0.2, -0.15) is 8.78 Å². The topological polar surface area (TPSA) is 40.5 Å². The molecule has 2 nitrogen and oxygen atoms in total. The molecule has 0 bridgehead atoms. The van der Waals surface area contributed by atoms with Crippen molar-refractivity contribution in [3.05, 3.63) is 11.9 Å². The van der Waals surface area contributed by atoms with E-state index in [1.54, 1.807) is 0 Å². The van der Waals surface area contributed by atoms with Crippen molar-refractivity contribution in [3.63, 3.8) is 0 Å². The summed E-state index contributed by atoms with van der Waals surface area (Å²) >= 11 is 0. The summed E-state index contributed by atoms with van der Waals surface area (Å²) in [6.07, 6.45) is -2.93.